The molecule has 1 fully saturated rings. The zero-order valence-electron chi connectivity index (χ0n) is 10.5. The number of ether oxygens (including phenoxy) is 1. The third-order valence-corrected chi connectivity index (χ3v) is 5.02. The number of aryl methyl sites for hydroxylation is 1. The van der Waals surface area contributed by atoms with Crippen LogP contribution in [-0.2, 0) is 9.53 Å². The number of hydrogen-bond donors (Lipinski definition) is 1. The number of anilines is 1. The van der Waals surface area contributed by atoms with Crippen molar-refractivity contribution in [3.05, 3.63) is 5.69 Å². The maximum atomic E-state index is 12.0. The number of amides is 1. The molecule has 5 nitrogen and oxygen atoms in total. The first-order valence-electron chi connectivity index (χ1n) is 5.81. The molecule has 1 unspecified atom stereocenters. The minimum Gasteiger partial charge on any atom is -0.375 e. The van der Waals surface area contributed by atoms with Crippen LogP contribution in [0.3, 0.4) is 0 Å². The summed E-state index contributed by atoms with van der Waals surface area (Å²) in [5, 5.41) is 0.558. The molecule has 7 heteroatoms. The van der Waals surface area contributed by atoms with Gasteiger partial charge < -0.3 is 15.4 Å². The summed E-state index contributed by atoms with van der Waals surface area (Å²) in [5.41, 5.74) is 6.54. The van der Waals surface area contributed by atoms with Crippen LogP contribution in [0.25, 0.3) is 0 Å². The molecule has 0 saturated carbocycles. The minimum absolute atomic E-state index is 0.133. The molecule has 1 aliphatic rings. The van der Waals surface area contributed by atoms with Crippen molar-refractivity contribution in [1.29, 1.82) is 0 Å². The fraction of sp³-hybridized carbons (Fsp3) is 0.636. The Morgan fingerprint density at radius 1 is 1.72 bits per heavy atom. The fourth-order valence-electron chi connectivity index (χ4n) is 1.80. The second kappa shape index (κ2) is 5.90. The molecule has 1 aromatic rings. The molecule has 1 aromatic heterocycles. The first-order valence-corrected chi connectivity index (χ1v) is 7.61. The molecule has 1 amide bonds. The Kier molecular flexibility index (Phi) is 4.47. The van der Waals surface area contributed by atoms with Crippen LogP contribution >= 0.6 is 23.1 Å². The van der Waals surface area contributed by atoms with E-state index in [4.69, 9.17) is 10.5 Å². The van der Waals surface area contributed by atoms with Gasteiger partial charge in [0.15, 0.2) is 5.13 Å². The third kappa shape index (κ3) is 3.37. The van der Waals surface area contributed by atoms with Gasteiger partial charge in [-0.2, -0.15) is 0 Å². The van der Waals surface area contributed by atoms with Crippen molar-refractivity contribution in [2.24, 2.45) is 0 Å². The lowest BCUT2D eigenvalue weighted by Gasteiger charge is -2.31. The molecule has 100 valence electrons. The molecule has 2 rings (SSSR count). The maximum absolute atomic E-state index is 12.0. The SMILES string of the molecule is Cc1nc(N)sc1SCC(=O)N1CCOC(C)C1. The van der Waals surface area contributed by atoms with Gasteiger partial charge in [-0.25, -0.2) is 4.98 Å². The van der Waals surface area contributed by atoms with E-state index in [-0.39, 0.29) is 12.0 Å². The molecule has 0 radical (unpaired) electrons. The monoisotopic (exact) mass is 287 g/mol. The molecule has 1 saturated heterocycles. The summed E-state index contributed by atoms with van der Waals surface area (Å²) in [6.45, 7) is 5.90. The van der Waals surface area contributed by atoms with E-state index in [1.807, 2.05) is 18.7 Å². The van der Waals surface area contributed by atoms with Gasteiger partial charge in [-0.3, -0.25) is 4.79 Å². The lowest BCUT2D eigenvalue weighted by Crippen LogP contribution is -2.45. The number of morpholine rings is 1. The predicted octanol–water partition coefficient (Wildman–Crippen LogP) is 1.37. The van der Waals surface area contributed by atoms with Crippen molar-refractivity contribution < 1.29 is 9.53 Å². The first kappa shape index (κ1) is 13.6. The highest BCUT2D eigenvalue weighted by Gasteiger charge is 2.21. The van der Waals surface area contributed by atoms with E-state index in [2.05, 4.69) is 4.98 Å². The van der Waals surface area contributed by atoms with Crippen LogP contribution in [-0.4, -0.2) is 47.3 Å². The maximum Gasteiger partial charge on any atom is 0.233 e. The number of nitrogen functional groups attached to an aromatic ring is 1. The molecule has 0 spiro atoms. The van der Waals surface area contributed by atoms with Gasteiger partial charge in [0, 0.05) is 13.1 Å². The summed E-state index contributed by atoms with van der Waals surface area (Å²) in [4.78, 5) is 18.0. The molecule has 0 aliphatic carbocycles. The summed E-state index contributed by atoms with van der Waals surface area (Å²) in [7, 11) is 0. The number of thiazole rings is 1. The number of carbonyl (C=O) groups excluding carboxylic acids is 1. The molecule has 1 atom stereocenters. The van der Waals surface area contributed by atoms with Crippen LogP contribution < -0.4 is 5.73 Å². The summed E-state index contributed by atoms with van der Waals surface area (Å²) in [5.74, 6) is 0.594. The largest absolute Gasteiger partial charge is 0.375 e. The Morgan fingerprint density at radius 3 is 3.11 bits per heavy atom. The van der Waals surface area contributed by atoms with Gasteiger partial charge in [0.2, 0.25) is 5.91 Å². The molecule has 0 bridgehead atoms. The number of thioether (sulfide) groups is 1. The van der Waals surface area contributed by atoms with Gasteiger partial charge in [0.25, 0.3) is 0 Å². The van der Waals surface area contributed by atoms with E-state index in [0.29, 0.717) is 30.6 Å². The number of rotatable bonds is 3. The Labute approximate surface area is 115 Å². The van der Waals surface area contributed by atoms with Gasteiger partial charge in [-0.05, 0) is 13.8 Å². The molecule has 1 aliphatic heterocycles. The summed E-state index contributed by atoms with van der Waals surface area (Å²) < 4.78 is 6.45. The Balaban J connectivity index is 1.86. The van der Waals surface area contributed by atoms with Crippen molar-refractivity contribution in [1.82, 2.24) is 9.88 Å². The van der Waals surface area contributed by atoms with Gasteiger partial charge >= 0.3 is 0 Å². The van der Waals surface area contributed by atoms with Gasteiger partial charge in [-0.1, -0.05) is 11.3 Å². The van der Waals surface area contributed by atoms with E-state index >= 15 is 0 Å². The first-order chi connectivity index (χ1) is 8.56. The van der Waals surface area contributed by atoms with Crippen LogP contribution in [0.15, 0.2) is 4.21 Å². The molecule has 0 aromatic carbocycles. The van der Waals surface area contributed by atoms with Crippen LogP contribution in [0.4, 0.5) is 5.13 Å². The van der Waals surface area contributed by atoms with Gasteiger partial charge in [0.05, 0.1) is 28.4 Å². The summed E-state index contributed by atoms with van der Waals surface area (Å²) in [6, 6.07) is 0. The second-order valence-corrected chi connectivity index (χ2v) is 6.51. The van der Waals surface area contributed by atoms with Crippen LogP contribution in [0, 0.1) is 6.92 Å². The number of nitrogens with zero attached hydrogens (tertiary/aromatic N) is 2. The normalized spacial score (nSPS) is 20.1. The van der Waals surface area contributed by atoms with Gasteiger partial charge in [-0.15, -0.1) is 11.8 Å². The van der Waals surface area contributed by atoms with Crippen LogP contribution in [0.2, 0.25) is 0 Å². The van der Waals surface area contributed by atoms with Crippen LogP contribution in [0.1, 0.15) is 12.6 Å². The van der Waals surface area contributed by atoms with Crippen molar-refractivity contribution >= 4 is 34.1 Å². The summed E-state index contributed by atoms with van der Waals surface area (Å²) >= 11 is 2.95. The highest BCUT2D eigenvalue weighted by molar-refractivity contribution is 8.01. The Bertz CT molecular complexity index is 436. The van der Waals surface area contributed by atoms with E-state index in [0.717, 1.165) is 9.90 Å². The lowest BCUT2D eigenvalue weighted by atomic mass is 10.3. The predicted molar refractivity (Wildman–Crippen MR) is 74.0 cm³/mol. The zero-order valence-corrected chi connectivity index (χ0v) is 12.1. The average molecular weight is 287 g/mol. The topological polar surface area (TPSA) is 68.5 Å². The summed E-state index contributed by atoms with van der Waals surface area (Å²) in [6.07, 6.45) is 0.133. The van der Waals surface area contributed by atoms with E-state index < -0.39 is 0 Å². The Morgan fingerprint density at radius 2 is 2.50 bits per heavy atom. The van der Waals surface area contributed by atoms with Crippen LogP contribution in [0.5, 0.6) is 0 Å². The number of nitrogens with two attached hydrogens (primary N) is 1. The molecule has 2 N–H and O–H groups in total. The van der Waals surface area contributed by atoms with Crippen molar-refractivity contribution in [2.75, 3.05) is 31.2 Å². The number of aromatic nitrogens is 1. The fourth-order valence-corrected chi connectivity index (χ4v) is 3.73. The molecular formula is C11H17N3O2S2. The lowest BCUT2D eigenvalue weighted by molar-refractivity contribution is -0.135. The van der Waals surface area contributed by atoms with Crippen molar-refractivity contribution in [3.8, 4) is 0 Å². The quantitative estimate of drug-likeness (QED) is 0.851. The second-order valence-electron chi connectivity index (χ2n) is 4.23. The molecule has 2 heterocycles. The van der Waals surface area contributed by atoms with Crippen molar-refractivity contribution in [3.63, 3.8) is 0 Å². The average Bonchev–Trinajstić information content (AvgIpc) is 2.65. The van der Waals surface area contributed by atoms with E-state index in [1.54, 1.807) is 0 Å². The highest BCUT2D eigenvalue weighted by Crippen LogP contribution is 2.30. The molecule has 18 heavy (non-hydrogen) atoms. The zero-order chi connectivity index (χ0) is 13.1. The standard InChI is InChI=1S/C11H17N3O2S2/c1-7-5-14(3-4-16-7)9(15)6-17-10-8(2)13-11(12)18-10/h7H,3-6H2,1-2H3,(H2,12,13). The minimum atomic E-state index is 0.133. The smallest absolute Gasteiger partial charge is 0.233 e. The Hall–Kier alpha value is -0.790. The van der Waals surface area contributed by atoms with Gasteiger partial charge in [0.1, 0.15) is 0 Å². The number of hydrogen-bond acceptors (Lipinski definition) is 6. The number of carbonyl (C=O) groups is 1. The van der Waals surface area contributed by atoms with E-state index in [1.165, 1.54) is 23.1 Å². The highest BCUT2D eigenvalue weighted by atomic mass is 32.2. The van der Waals surface area contributed by atoms with E-state index in [9.17, 15) is 4.79 Å². The third-order valence-electron chi connectivity index (χ3n) is 2.69. The molecular weight excluding hydrogens is 270 g/mol. The van der Waals surface area contributed by atoms with Crippen molar-refractivity contribution in [2.45, 2.75) is 24.2 Å².